The van der Waals surface area contributed by atoms with Crippen LogP contribution in [0, 0.1) is 5.92 Å². The van der Waals surface area contributed by atoms with Gasteiger partial charge in [0.05, 0.1) is 10.6 Å². The zero-order valence-corrected chi connectivity index (χ0v) is 17.3. The van der Waals surface area contributed by atoms with Crippen molar-refractivity contribution in [2.75, 3.05) is 0 Å². The Kier molecular flexibility index (Phi) is 7.03. The third-order valence-electron chi connectivity index (χ3n) is 4.23. The van der Waals surface area contributed by atoms with Gasteiger partial charge < -0.3 is 14.8 Å². The number of rotatable bonds is 7. The Morgan fingerprint density at radius 1 is 0.933 bits per heavy atom. The monoisotopic (exact) mass is 424 g/mol. The molecule has 0 aliphatic heterocycles. The van der Waals surface area contributed by atoms with Gasteiger partial charge in [-0.3, -0.25) is 4.79 Å². The molecule has 1 unspecified atom stereocenters. The summed E-state index contributed by atoms with van der Waals surface area (Å²) in [5.41, 5.74) is 0.300. The number of carbonyl (C=O) groups excluding carboxylic acids is 2. The molecular formula is C23H21ClN2O4. The van der Waals surface area contributed by atoms with Gasteiger partial charge in [-0.15, -0.1) is 0 Å². The highest BCUT2D eigenvalue weighted by Gasteiger charge is 2.27. The molecule has 3 aromatic rings. The Balaban J connectivity index is 1.65. The van der Waals surface area contributed by atoms with Gasteiger partial charge in [-0.2, -0.15) is 0 Å². The van der Waals surface area contributed by atoms with Crippen LogP contribution in [0.3, 0.4) is 0 Å². The van der Waals surface area contributed by atoms with Crippen LogP contribution in [0.2, 0.25) is 5.02 Å². The molecule has 0 aliphatic carbocycles. The molecule has 0 aliphatic rings. The van der Waals surface area contributed by atoms with Crippen LogP contribution < -0.4 is 14.8 Å². The lowest BCUT2D eigenvalue weighted by Crippen LogP contribution is -2.46. The van der Waals surface area contributed by atoms with Gasteiger partial charge in [0.1, 0.15) is 17.5 Å². The van der Waals surface area contributed by atoms with Crippen molar-refractivity contribution in [2.24, 2.45) is 5.92 Å². The molecule has 1 atom stereocenters. The van der Waals surface area contributed by atoms with Crippen molar-refractivity contribution in [1.29, 1.82) is 0 Å². The summed E-state index contributed by atoms with van der Waals surface area (Å²) < 4.78 is 11.1. The highest BCUT2D eigenvalue weighted by atomic mass is 35.5. The maximum absolute atomic E-state index is 12.7. The maximum atomic E-state index is 12.7. The highest BCUT2D eigenvalue weighted by molar-refractivity contribution is 6.33. The van der Waals surface area contributed by atoms with Crippen molar-refractivity contribution in [3.8, 4) is 17.4 Å². The van der Waals surface area contributed by atoms with Crippen molar-refractivity contribution >= 4 is 23.5 Å². The van der Waals surface area contributed by atoms with Crippen LogP contribution in [-0.2, 0) is 4.79 Å². The van der Waals surface area contributed by atoms with E-state index in [1.54, 1.807) is 66.9 Å². The first-order valence-electron chi connectivity index (χ1n) is 9.40. The molecule has 30 heavy (non-hydrogen) atoms. The maximum Gasteiger partial charge on any atom is 0.334 e. The number of hydrogen-bond donors (Lipinski definition) is 1. The number of amides is 1. The number of pyridine rings is 1. The SMILES string of the molecule is CC(C)C(NC(=O)c1ccccc1Cl)C(=O)Oc1ccc(Oc2ccccn2)cc1. The summed E-state index contributed by atoms with van der Waals surface area (Å²) in [6.07, 6.45) is 1.63. The summed E-state index contributed by atoms with van der Waals surface area (Å²) in [5, 5.41) is 3.02. The molecule has 0 saturated carbocycles. The van der Waals surface area contributed by atoms with Crippen molar-refractivity contribution < 1.29 is 19.1 Å². The van der Waals surface area contributed by atoms with E-state index in [4.69, 9.17) is 21.1 Å². The molecule has 0 bridgehead atoms. The number of halogens is 1. The summed E-state index contributed by atoms with van der Waals surface area (Å²) in [5.74, 6) is 0.172. The van der Waals surface area contributed by atoms with Crippen LogP contribution in [0.25, 0.3) is 0 Å². The van der Waals surface area contributed by atoms with Gasteiger partial charge in [0, 0.05) is 12.3 Å². The second kappa shape index (κ2) is 9.89. The molecule has 0 spiro atoms. The van der Waals surface area contributed by atoms with Crippen LogP contribution in [0.15, 0.2) is 72.9 Å². The van der Waals surface area contributed by atoms with E-state index >= 15 is 0 Å². The fraction of sp³-hybridized carbons (Fsp3) is 0.174. The number of hydrogen-bond acceptors (Lipinski definition) is 5. The minimum absolute atomic E-state index is 0.185. The first-order valence-corrected chi connectivity index (χ1v) is 9.78. The molecule has 1 aromatic heterocycles. The summed E-state index contributed by atoms with van der Waals surface area (Å²) in [6.45, 7) is 3.64. The Bertz CT molecular complexity index is 1010. The van der Waals surface area contributed by atoms with Crippen LogP contribution in [0.1, 0.15) is 24.2 Å². The molecule has 3 rings (SSSR count). The number of nitrogens with one attached hydrogen (secondary N) is 1. The first kappa shape index (κ1) is 21.3. The summed E-state index contributed by atoms with van der Waals surface area (Å²) in [4.78, 5) is 29.3. The van der Waals surface area contributed by atoms with E-state index in [0.717, 1.165) is 0 Å². The third kappa shape index (κ3) is 5.58. The van der Waals surface area contributed by atoms with Crippen molar-refractivity contribution in [3.63, 3.8) is 0 Å². The van der Waals surface area contributed by atoms with Crippen LogP contribution >= 0.6 is 11.6 Å². The lowest BCUT2D eigenvalue weighted by Gasteiger charge is -2.21. The Morgan fingerprint density at radius 2 is 1.60 bits per heavy atom. The predicted molar refractivity (Wildman–Crippen MR) is 114 cm³/mol. The standard InChI is InChI=1S/C23H21ClN2O4/c1-15(2)21(26-22(27)18-7-3-4-8-19(18)24)23(28)30-17-12-10-16(11-13-17)29-20-9-5-6-14-25-20/h3-15,21H,1-2H3,(H,26,27). The van der Waals surface area contributed by atoms with Gasteiger partial charge in [-0.05, 0) is 48.4 Å². The molecule has 6 nitrogen and oxygen atoms in total. The van der Waals surface area contributed by atoms with Gasteiger partial charge in [-0.1, -0.05) is 43.6 Å². The second-order valence-electron chi connectivity index (χ2n) is 6.84. The van der Waals surface area contributed by atoms with Gasteiger partial charge in [-0.25, -0.2) is 9.78 Å². The van der Waals surface area contributed by atoms with Crippen LogP contribution in [0.5, 0.6) is 17.4 Å². The Hall–Kier alpha value is -3.38. The molecule has 1 N–H and O–H groups in total. The number of aromatic nitrogens is 1. The van der Waals surface area contributed by atoms with Crippen LogP contribution in [-0.4, -0.2) is 22.9 Å². The number of ether oxygens (including phenoxy) is 2. The lowest BCUT2D eigenvalue weighted by molar-refractivity contribution is -0.137. The average Bonchev–Trinajstić information content (AvgIpc) is 2.74. The Morgan fingerprint density at radius 3 is 2.23 bits per heavy atom. The van der Waals surface area contributed by atoms with E-state index in [9.17, 15) is 9.59 Å². The molecule has 0 fully saturated rings. The van der Waals surface area contributed by atoms with E-state index in [-0.39, 0.29) is 5.92 Å². The highest BCUT2D eigenvalue weighted by Crippen LogP contribution is 2.23. The third-order valence-corrected chi connectivity index (χ3v) is 4.56. The largest absolute Gasteiger partial charge is 0.439 e. The van der Waals surface area contributed by atoms with E-state index < -0.39 is 17.9 Å². The molecular weight excluding hydrogens is 404 g/mol. The fourth-order valence-electron chi connectivity index (χ4n) is 2.65. The number of nitrogens with zero attached hydrogens (tertiary/aromatic N) is 1. The van der Waals surface area contributed by atoms with Gasteiger partial charge in [0.25, 0.3) is 5.91 Å². The topological polar surface area (TPSA) is 77.5 Å². The molecule has 1 amide bonds. The minimum atomic E-state index is -0.835. The summed E-state index contributed by atoms with van der Waals surface area (Å²) >= 11 is 6.07. The zero-order chi connectivity index (χ0) is 21.5. The summed E-state index contributed by atoms with van der Waals surface area (Å²) in [7, 11) is 0. The normalized spacial score (nSPS) is 11.6. The van der Waals surface area contributed by atoms with E-state index in [0.29, 0.717) is 28.0 Å². The zero-order valence-electron chi connectivity index (χ0n) is 16.5. The number of benzene rings is 2. The van der Waals surface area contributed by atoms with Crippen molar-refractivity contribution in [2.45, 2.75) is 19.9 Å². The summed E-state index contributed by atoms with van der Waals surface area (Å²) in [6, 6.07) is 17.7. The number of carbonyl (C=O) groups is 2. The van der Waals surface area contributed by atoms with E-state index in [1.165, 1.54) is 0 Å². The second-order valence-corrected chi connectivity index (χ2v) is 7.24. The van der Waals surface area contributed by atoms with Gasteiger partial charge in [0.2, 0.25) is 5.88 Å². The predicted octanol–water partition coefficient (Wildman–Crippen LogP) is 4.89. The molecule has 0 radical (unpaired) electrons. The Labute approximate surface area is 179 Å². The van der Waals surface area contributed by atoms with E-state index in [1.807, 2.05) is 19.9 Å². The molecule has 1 heterocycles. The lowest BCUT2D eigenvalue weighted by atomic mass is 10.0. The van der Waals surface area contributed by atoms with Crippen molar-refractivity contribution in [1.82, 2.24) is 10.3 Å². The van der Waals surface area contributed by atoms with Gasteiger partial charge in [0.15, 0.2) is 0 Å². The first-order chi connectivity index (χ1) is 14.4. The smallest absolute Gasteiger partial charge is 0.334 e. The molecule has 2 aromatic carbocycles. The minimum Gasteiger partial charge on any atom is -0.439 e. The quantitative estimate of drug-likeness (QED) is 0.431. The van der Waals surface area contributed by atoms with E-state index in [2.05, 4.69) is 10.3 Å². The van der Waals surface area contributed by atoms with Gasteiger partial charge >= 0.3 is 5.97 Å². The van der Waals surface area contributed by atoms with Crippen molar-refractivity contribution in [3.05, 3.63) is 83.5 Å². The molecule has 154 valence electrons. The fourth-order valence-corrected chi connectivity index (χ4v) is 2.87. The van der Waals surface area contributed by atoms with Crippen LogP contribution in [0.4, 0.5) is 0 Å². The molecule has 7 heteroatoms. The average molecular weight is 425 g/mol. The molecule has 0 saturated heterocycles. The number of esters is 1.